The molecule has 0 bridgehead atoms. The molecular weight excluding hydrogens is 863 g/mol. The molecule has 0 heterocycles. The average Bonchev–Trinajstić information content (AvgIpc) is 3.22. The van der Waals surface area contributed by atoms with Gasteiger partial charge in [-0.2, -0.15) is 13.2 Å². The van der Waals surface area contributed by atoms with Crippen LogP contribution >= 0.6 is 0 Å². The smallest absolute Gasteiger partial charge is 0.471 e. The summed E-state index contributed by atoms with van der Waals surface area (Å²) in [7, 11) is 0. The van der Waals surface area contributed by atoms with E-state index in [0.29, 0.717) is 71.8 Å². The molecule has 1 fully saturated rings. The third-order valence-electron chi connectivity index (χ3n) is 9.81. The van der Waals surface area contributed by atoms with Gasteiger partial charge in [-0.1, -0.05) is 0 Å². The molecule has 22 nitrogen and oxygen atoms in total. The second kappa shape index (κ2) is 32.4. The first-order chi connectivity index (χ1) is 30.3. The molecule has 0 radical (unpaired) electrons. The molecule has 366 valence electrons. The van der Waals surface area contributed by atoms with Crippen LogP contribution in [0.4, 0.5) is 18.0 Å². The third-order valence-corrected chi connectivity index (χ3v) is 9.81. The SMILES string of the molecule is CC(=O)NCCOCCOCCOCCC(=O)NCC1CCC(C(=O)N[C@@H](CCCCNC(=O)C(F)(F)F)C(=O)NCCCC[C@H](NC(=O)N[C@@H](CCC(=O)O)C(=O)O)C(=O)O)CC1. The van der Waals surface area contributed by atoms with Crippen molar-refractivity contribution in [3.8, 4) is 0 Å². The topological polar surface area (TPSA) is 326 Å². The summed E-state index contributed by atoms with van der Waals surface area (Å²) in [4.78, 5) is 107. The summed E-state index contributed by atoms with van der Waals surface area (Å²) in [5, 5.41) is 44.3. The lowest BCUT2D eigenvalue weighted by atomic mass is 9.81. The van der Waals surface area contributed by atoms with Crippen molar-refractivity contribution in [2.45, 2.75) is 115 Å². The summed E-state index contributed by atoms with van der Waals surface area (Å²) in [6.45, 7) is 3.87. The molecule has 3 atom stereocenters. The van der Waals surface area contributed by atoms with E-state index < -0.39 is 84.7 Å². The number of ether oxygens (including phenoxy) is 3. The Labute approximate surface area is 368 Å². The van der Waals surface area contributed by atoms with E-state index in [1.165, 1.54) is 6.92 Å². The first-order valence-corrected chi connectivity index (χ1v) is 21.2. The van der Waals surface area contributed by atoms with Crippen molar-refractivity contribution in [2.75, 3.05) is 65.8 Å². The highest BCUT2D eigenvalue weighted by Crippen LogP contribution is 2.29. The molecule has 0 aromatic rings. The number of hydrogen-bond donors (Lipinski definition) is 10. The van der Waals surface area contributed by atoms with Crippen LogP contribution < -0.4 is 37.2 Å². The summed E-state index contributed by atoms with van der Waals surface area (Å²) in [5.41, 5.74) is 0. The predicted octanol–water partition coefficient (Wildman–Crippen LogP) is 0.176. The van der Waals surface area contributed by atoms with Gasteiger partial charge in [-0.15, -0.1) is 0 Å². The van der Waals surface area contributed by atoms with E-state index in [9.17, 15) is 66.5 Å². The molecular formula is C39H64F3N7O15. The number of carbonyl (C=O) groups is 9. The molecule has 0 unspecified atom stereocenters. The summed E-state index contributed by atoms with van der Waals surface area (Å²) >= 11 is 0. The average molecular weight is 928 g/mol. The fourth-order valence-electron chi connectivity index (χ4n) is 6.26. The minimum Gasteiger partial charge on any atom is -0.481 e. The predicted molar refractivity (Wildman–Crippen MR) is 217 cm³/mol. The van der Waals surface area contributed by atoms with Gasteiger partial charge in [-0.25, -0.2) is 14.4 Å². The molecule has 0 aliphatic heterocycles. The largest absolute Gasteiger partial charge is 0.481 e. The molecule has 1 saturated carbocycles. The van der Waals surface area contributed by atoms with Gasteiger partial charge in [0, 0.05) is 51.9 Å². The number of amides is 7. The molecule has 0 spiro atoms. The van der Waals surface area contributed by atoms with E-state index in [0.717, 1.165) is 0 Å². The number of hydrogen-bond acceptors (Lipinski definition) is 12. The molecule has 1 rings (SSSR count). The van der Waals surface area contributed by atoms with E-state index in [4.69, 9.17) is 19.3 Å². The minimum absolute atomic E-state index is 0.0126. The van der Waals surface area contributed by atoms with E-state index >= 15 is 0 Å². The zero-order valence-electron chi connectivity index (χ0n) is 36.0. The van der Waals surface area contributed by atoms with Crippen LogP contribution in [0.3, 0.4) is 0 Å². The minimum atomic E-state index is -5.05. The van der Waals surface area contributed by atoms with Gasteiger partial charge in [0.1, 0.15) is 18.1 Å². The van der Waals surface area contributed by atoms with E-state index in [2.05, 4.69) is 26.6 Å². The van der Waals surface area contributed by atoms with Crippen LogP contribution in [-0.4, -0.2) is 159 Å². The second-order valence-corrected chi connectivity index (χ2v) is 15.0. The molecule has 1 aliphatic rings. The monoisotopic (exact) mass is 927 g/mol. The number of aliphatic carboxylic acids is 3. The van der Waals surface area contributed by atoms with Gasteiger partial charge in [0.05, 0.1) is 39.6 Å². The number of rotatable bonds is 34. The number of carbonyl (C=O) groups excluding carboxylic acids is 6. The van der Waals surface area contributed by atoms with Crippen molar-refractivity contribution < 1.29 is 85.9 Å². The lowest BCUT2D eigenvalue weighted by molar-refractivity contribution is -0.173. The Balaban J connectivity index is 2.54. The van der Waals surface area contributed by atoms with Crippen LogP contribution in [0.5, 0.6) is 0 Å². The van der Waals surface area contributed by atoms with Crippen molar-refractivity contribution in [1.29, 1.82) is 0 Å². The lowest BCUT2D eigenvalue weighted by Crippen LogP contribution is -2.51. The van der Waals surface area contributed by atoms with Crippen LogP contribution in [0, 0.1) is 11.8 Å². The highest BCUT2D eigenvalue weighted by atomic mass is 19.4. The molecule has 0 aromatic heterocycles. The van der Waals surface area contributed by atoms with Gasteiger partial charge in [0.15, 0.2) is 0 Å². The van der Waals surface area contributed by atoms with Gasteiger partial charge in [-0.3, -0.25) is 28.8 Å². The summed E-state index contributed by atoms with van der Waals surface area (Å²) in [6.07, 6.45) is -3.20. The number of nitrogens with one attached hydrogen (secondary N) is 7. The Morgan fingerprint density at radius 2 is 1.12 bits per heavy atom. The number of alkyl halides is 3. The fourth-order valence-corrected chi connectivity index (χ4v) is 6.26. The second-order valence-electron chi connectivity index (χ2n) is 15.0. The van der Waals surface area contributed by atoms with Crippen molar-refractivity contribution in [1.82, 2.24) is 37.2 Å². The van der Waals surface area contributed by atoms with Crippen LogP contribution in [-0.2, 0) is 52.6 Å². The third kappa shape index (κ3) is 27.7. The molecule has 0 aromatic carbocycles. The maximum absolute atomic E-state index is 13.3. The van der Waals surface area contributed by atoms with E-state index in [1.54, 1.807) is 5.32 Å². The van der Waals surface area contributed by atoms with Crippen molar-refractivity contribution >= 4 is 53.5 Å². The van der Waals surface area contributed by atoms with Gasteiger partial charge in [0.25, 0.3) is 0 Å². The van der Waals surface area contributed by atoms with Crippen molar-refractivity contribution in [3.05, 3.63) is 0 Å². The number of urea groups is 1. The van der Waals surface area contributed by atoms with Crippen molar-refractivity contribution in [2.24, 2.45) is 11.8 Å². The zero-order valence-corrected chi connectivity index (χ0v) is 36.0. The molecule has 0 saturated heterocycles. The summed E-state index contributed by atoms with van der Waals surface area (Å²) in [5.74, 6) is -7.99. The Kier molecular flexibility index (Phi) is 28.7. The molecule has 25 heteroatoms. The van der Waals surface area contributed by atoms with Gasteiger partial charge in [0.2, 0.25) is 23.6 Å². The number of halogens is 3. The fraction of sp³-hybridized carbons (Fsp3) is 0.769. The van der Waals surface area contributed by atoms with E-state index in [1.807, 2.05) is 5.32 Å². The Hall–Kier alpha value is -5.30. The number of unbranched alkanes of at least 4 members (excludes halogenated alkanes) is 2. The van der Waals surface area contributed by atoms with Gasteiger partial charge in [-0.05, 0) is 76.5 Å². The number of carboxylic acid groups (broad SMARTS) is 3. The highest BCUT2D eigenvalue weighted by molar-refractivity contribution is 5.89. The van der Waals surface area contributed by atoms with Crippen LogP contribution in [0.15, 0.2) is 0 Å². The lowest BCUT2D eigenvalue weighted by Gasteiger charge is -2.29. The van der Waals surface area contributed by atoms with Crippen molar-refractivity contribution in [3.63, 3.8) is 0 Å². The Morgan fingerprint density at radius 3 is 1.67 bits per heavy atom. The van der Waals surface area contributed by atoms with Crippen LogP contribution in [0.25, 0.3) is 0 Å². The van der Waals surface area contributed by atoms with Crippen LogP contribution in [0.2, 0.25) is 0 Å². The van der Waals surface area contributed by atoms with E-state index in [-0.39, 0.29) is 82.4 Å². The van der Waals surface area contributed by atoms with Gasteiger partial charge >= 0.3 is 36.0 Å². The summed E-state index contributed by atoms with van der Waals surface area (Å²) < 4.78 is 53.8. The Morgan fingerprint density at radius 1 is 0.594 bits per heavy atom. The normalized spacial score (nSPS) is 16.2. The Bertz CT molecular complexity index is 1500. The van der Waals surface area contributed by atoms with Crippen LogP contribution in [0.1, 0.15) is 90.4 Å². The molecule has 7 amide bonds. The molecule has 64 heavy (non-hydrogen) atoms. The highest BCUT2D eigenvalue weighted by Gasteiger charge is 2.38. The first-order valence-electron chi connectivity index (χ1n) is 21.2. The summed E-state index contributed by atoms with van der Waals surface area (Å²) in [6, 6.07) is -5.25. The molecule has 10 N–H and O–H groups in total. The zero-order chi connectivity index (χ0) is 47.9. The number of carboxylic acids is 3. The van der Waals surface area contributed by atoms with Gasteiger partial charge < -0.3 is 66.7 Å². The standard InChI is InChI=1S/C39H64F3N7O15/c1-25(50)43-17-19-63-21-23-64-22-20-62-18-14-31(51)46-24-26-8-10-27(11-9-26)33(54)47-28(6-2-5-16-45-37(60)39(40,41)42)34(55)44-15-4-3-7-29(35(56)57)48-38(61)49-30(36(58)59)12-13-32(52)53/h26-30H,2-24H2,1H3,(H,43,50)(H,44,55)(H,45,60)(H,46,51)(H,47,54)(H,52,53)(H,56,57)(H,58,59)(H2,48,49,61)/t26?,27?,28-,29-,30-/m0/s1. The maximum Gasteiger partial charge on any atom is 0.471 e. The quantitative estimate of drug-likeness (QED) is 0.0385. The molecule has 1 aliphatic carbocycles. The first kappa shape index (κ1) is 56.7. The maximum atomic E-state index is 13.3.